The summed E-state index contributed by atoms with van der Waals surface area (Å²) in [6.45, 7) is 1.95. The second kappa shape index (κ2) is 9.72. The van der Waals surface area contributed by atoms with Crippen LogP contribution in [-0.2, 0) is 20.9 Å². The monoisotopic (exact) mass is 486 g/mol. The average molecular weight is 487 g/mol. The third kappa shape index (κ3) is 5.48. The van der Waals surface area contributed by atoms with Crippen molar-refractivity contribution in [3.05, 3.63) is 58.4 Å². The van der Waals surface area contributed by atoms with Crippen LogP contribution in [0.15, 0.2) is 52.7 Å². The molecular weight excluding hydrogens is 468 g/mol. The van der Waals surface area contributed by atoms with E-state index in [4.69, 9.17) is 11.6 Å². The number of anilines is 2. The highest BCUT2D eigenvalue weighted by molar-refractivity contribution is 8.01. The maximum Gasteiger partial charge on any atom is 0.238 e. The van der Waals surface area contributed by atoms with Gasteiger partial charge in [-0.15, -0.1) is 23.1 Å². The Balaban J connectivity index is 1.35. The van der Waals surface area contributed by atoms with Gasteiger partial charge in [-0.25, -0.2) is 4.98 Å². The molecule has 0 spiro atoms. The minimum atomic E-state index is -0.528. The van der Waals surface area contributed by atoms with Crippen LogP contribution in [-0.4, -0.2) is 28.0 Å². The fraction of sp³-hybridized carbons (Fsp3) is 0.182. The molecule has 0 saturated heterocycles. The van der Waals surface area contributed by atoms with E-state index in [2.05, 4.69) is 20.9 Å². The molecular formula is C22H19ClN4O3S2. The minimum absolute atomic E-state index is 0.0331. The van der Waals surface area contributed by atoms with E-state index in [-0.39, 0.29) is 24.1 Å². The van der Waals surface area contributed by atoms with E-state index in [9.17, 15) is 14.4 Å². The molecule has 1 unspecified atom stereocenters. The molecule has 164 valence electrons. The number of carbonyl (C=O) groups excluding carboxylic acids is 3. The first-order valence-electron chi connectivity index (χ1n) is 9.73. The smallest absolute Gasteiger partial charge is 0.238 e. The Morgan fingerprint density at radius 1 is 1.19 bits per heavy atom. The van der Waals surface area contributed by atoms with E-state index in [1.165, 1.54) is 30.0 Å². The van der Waals surface area contributed by atoms with Gasteiger partial charge in [0, 0.05) is 40.8 Å². The lowest BCUT2D eigenvalue weighted by Gasteiger charge is -2.23. The van der Waals surface area contributed by atoms with Crippen LogP contribution in [0.5, 0.6) is 0 Å². The van der Waals surface area contributed by atoms with E-state index >= 15 is 0 Å². The van der Waals surface area contributed by atoms with Gasteiger partial charge in [0.2, 0.25) is 17.7 Å². The molecule has 1 aromatic heterocycles. The number of carbonyl (C=O) groups is 3. The lowest BCUT2D eigenvalue weighted by molar-refractivity contribution is -0.120. The summed E-state index contributed by atoms with van der Waals surface area (Å²) in [4.78, 5) is 41.3. The Labute approximate surface area is 198 Å². The maximum absolute atomic E-state index is 12.5. The van der Waals surface area contributed by atoms with Crippen molar-refractivity contribution < 1.29 is 14.4 Å². The lowest BCUT2D eigenvalue weighted by Crippen LogP contribution is -2.32. The van der Waals surface area contributed by atoms with Crippen LogP contribution >= 0.6 is 34.7 Å². The molecule has 7 nitrogen and oxygen atoms in total. The molecule has 2 aromatic carbocycles. The van der Waals surface area contributed by atoms with Crippen molar-refractivity contribution in [1.29, 1.82) is 0 Å². The molecule has 2 heterocycles. The first kappa shape index (κ1) is 22.3. The average Bonchev–Trinajstić information content (AvgIpc) is 3.21. The van der Waals surface area contributed by atoms with E-state index in [0.717, 1.165) is 21.7 Å². The molecule has 4 rings (SSSR count). The molecule has 0 radical (unpaired) electrons. The van der Waals surface area contributed by atoms with Crippen molar-refractivity contribution in [2.45, 2.75) is 30.0 Å². The van der Waals surface area contributed by atoms with Gasteiger partial charge in [-0.05, 0) is 23.8 Å². The number of fused-ring (bicyclic) bond motifs is 1. The number of aromatic nitrogens is 1. The largest absolute Gasteiger partial charge is 0.352 e. The first-order chi connectivity index (χ1) is 15.4. The van der Waals surface area contributed by atoms with E-state index < -0.39 is 5.25 Å². The summed E-state index contributed by atoms with van der Waals surface area (Å²) in [6, 6.07) is 13.0. The third-order valence-electron chi connectivity index (χ3n) is 4.67. The van der Waals surface area contributed by atoms with Crippen LogP contribution in [0, 0.1) is 0 Å². The lowest BCUT2D eigenvalue weighted by atomic mass is 10.1. The van der Waals surface area contributed by atoms with Gasteiger partial charge in [0.1, 0.15) is 0 Å². The quantitative estimate of drug-likeness (QED) is 0.475. The van der Waals surface area contributed by atoms with Crippen LogP contribution in [0.1, 0.15) is 18.9 Å². The van der Waals surface area contributed by atoms with Crippen LogP contribution in [0.2, 0.25) is 5.02 Å². The normalized spacial score (nSPS) is 14.9. The second-order valence-corrected chi connectivity index (χ2v) is 9.67. The summed E-state index contributed by atoms with van der Waals surface area (Å²) in [5, 5.41) is 10.7. The fourth-order valence-corrected chi connectivity index (χ4v) is 5.08. The highest BCUT2D eigenvalue weighted by Crippen LogP contribution is 2.38. The molecule has 0 bridgehead atoms. The molecule has 0 fully saturated rings. The molecule has 3 aromatic rings. The van der Waals surface area contributed by atoms with Crippen molar-refractivity contribution in [2.75, 3.05) is 10.6 Å². The van der Waals surface area contributed by atoms with Crippen molar-refractivity contribution >= 4 is 63.2 Å². The number of nitrogens with one attached hydrogen (secondary N) is 3. The first-order valence-corrected chi connectivity index (χ1v) is 11.9. The van der Waals surface area contributed by atoms with Gasteiger partial charge in [0.25, 0.3) is 0 Å². The van der Waals surface area contributed by atoms with Crippen molar-refractivity contribution in [3.8, 4) is 11.3 Å². The molecule has 3 N–H and O–H groups in total. The zero-order valence-electron chi connectivity index (χ0n) is 17.0. The van der Waals surface area contributed by atoms with Gasteiger partial charge >= 0.3 is 0 Å². The van der Waals surface area contributed by atoms with Crippen LogP contribution in [0.3, 0.4) is 0 Å². The number of nitrogens with zero attached hydrogens (tertiary/aromatic N) is 1. The summed E-state index contributed by atoms with van der Waals surface area (Å²) in [6.07, 6.45) is 0.0331. The Hall–Kier alpha value is -2.88. The molecule has 1 aliphatic rings. The zero-order chi connectivity index (χ0) is 22.7. The fourth-order valence-electron chi connectivity index (χ4n) is 3.08. The molecule has 3 amide bonds. The van der Waals surface area contributed by atoms with Gasteiger partial charge in [-0.1, -0.05) is 35.9 Å². The van der Waals surface area contributed by atoms with Crippen LogP contribution in [0.4, 0.5) is 10.8 Å². The number of hydrogen-bond donors (Lipinski definition) is 3. The number of hydrogen-bond acceptors (Lipinski definition) is 6. The molecule has 1 aliphatic heterocycles. The van der Waals surface area contributed by atoms with Gasteiger partial charge in [0.05, 0.1) is 16.6 Å². The maximum atomic E-state index is 12.5. The van der Waals surface area contributed by atoms with Crippen molar-refractivity contribution in [3.63, 3.8) is 0 Å². The minimum Gasteiger partial charge on any atom is -0.352 e. The van der Waals surface area contributed by atoms with E-state index in [1.807, 2.05) is 35.7 Å². The van der Waals surface area contributed by atoms with E-state index in [1.54, 1.807) is 12.1 Å². The Bertz CT molecular complexity index is 1180. The van der Waals surface area contributed by atoms with Crippen LogP contribution < -0.4 is 16.0 Å². The Kier molecular flexibility index (Phi) is 6.78. The zero-order valence-corrected chi connectivity index (χ0v) is 19.4. The molecule has 32 heavy (non-hydrogen) atoms. The number of amides is 3. The topological polar surface area (TPSA) is 100 Å². The van der Waals surface area contributed by atoms with E-state index in [0.29, 0.717) is 22.4 Å². The summed E-state index contributed by atoms with van der Waals surface area (Å²) >= 11 is 8.64. The third-order valence-corrected chi connectivity index (χ3v) is 6.94. The molecule has 0 aliphatic carbocycles. The van der Waals surface area contributed by atoms with Gasteiger partial charge in [-0.2, -0.15) is 0 Å². The summed E-state index contributed by atoms with van der Waals surface area (Å²) in [7, 11) is 0. The Morgan fingerprint density at radius 3 is 2.72 bits per heavy atom. The van der Waals surface area contributed by atoms with Crippen LogP contribution in [0.25, 0.3) is 11.3 Å². The number of thiazole rings is 1. The predicted molar refractivity (Wildman–Crippen MR) is 128 cm³/mol. The summed E-state index contributed by atoms with van der Waals surface area (Å²) in [5.41, 5.74) is 3.30. The van der Waals surface area contributed by atoms with Crippen molar-refractivity contribution in [2.24, 2.45) is 0 Å². The number of thioether (sulfide) groups is 1. The summed E-state index contributed by atoms with van der Waals surface area (Å²) in [5.74, 6) is -0.576. The van der Waals surface area contributed by atoms with Gasteiger partial charge < -0.3 is 16.0 Å². The second-order valence-electron chi connectivity index (χ2n) is 7.13. The summed E-state index contributed by atoms with van der Waals surface area (Å²) < 4.78 is 0. The predicted octanol–water partition coefficient (Wildman–Crippen LogP) is 4.54. The molecule has 1 atom stereocenters. The Morgan fingerprint density at radius 2 is 1.97 bits per heavy atom. The standard InChI is InChI=1S/C22H19ClN4O3S2/c1-12(28)24-10-13-2-4-14(5-3-13)17-11-31-22(26-17)27-20(29)9-19-21(30)25-16-8-15(23)6-7-18(16)32-19/h2-8,11,19H,9-10H2,1H3,(H,24,28)(H,25,30)(H,26,27,29). The number of benzene rings is 2. The van der Waals surface area contributed by atoms with Gasteiger partial charge in [0.15, 0.2) is 5.13 Å². The van der Waals surface area contributed by atoms with Gasteiger partial charge in [-0.3, -0.25) is 14.4 Å². The highest BCUT2D eigenvalue weighted by atomic mass is 35.5. The SMILES string of the molecule is CC(=O)NCc1ccc(-c2csc(NC(=O)CC3Sc4ccc(Cl)cc4NC3=O)n2)cc1. The highest BCUT2D eigenvalue weighted by Gasteiger charge is 2.29. The molecule has 10 heteroatoms. The van der Waals surface area contributed by atoms with Crippen molar-refractivity contribution in [1.82, 2.24) is 10.3 Å². The number of rotatable bonds is 6. The number of halogens is 1. The molecule has 0 saturated carbocycles.